The smallest absolute Gasteiger partial charge is 0.255 e. The van der Waals surface area contributed by atoms with Crippen molar-refractivity contribution in [3.63, 3.8) is 0 Å². The summed E-state index contributed by atoms with van der Waals surface area (Å²) in [5.74, 6) is 0.622. The van der Waals surface area contributed by atoms with Gasteiger partial charge in [0.15, 0.2) is 0 Å². The van der Waals surface area contributed by atoms with Crippen LogP contribution in [0.5, 0.6) is 5.75 Å². The zero-order valence-corrected chi connectivity index (χ0v) is 12.9. The summed E-state index contributed by atoms with van der Waals surface area (Å²) in [6.07, 6.45) is 2.66. The third-order valence-corrected chi connectivity index (χ3v) is 3.61. The lowest BCUT2D eigenvalue weighted by atomic mass is 10.00. The maximum atomic E-state index is 12.5. The van der Waals surface area contributed by atoms with Crippen molar-refractivity contribution in [2.24, 2.45) is 5.73 Å². The first-order valence-electron chi connectivity index (χ1n) is 6.86. The lowest BCUT2D eigenvalue weighted by molar-refractivity contribution is 0.407. The summed E-state index contributed by atoms with van der Waals surface area (Å²) in [4.78, 5) is 12.5. The normalized spacial score (nSPS) is 12.2. The van der Waals surface area contributed by atoms with Crippen molar-refractivity contribution >= 4 is 11.6 Å². The first-order valence-corrected chi connectivity index (χ1v) is 7.24. The molecule has 4 nitrogen and oxygen atoms in total. The molecule has 0 saturated heterocycles. The largest absolute Gasteiger partial charge is 0.496 e. The fourth-order valence-electron chi connectivity index (χ4n) is 2.32. The van der Waals surface area contributed by atoms with Gasteiger partial charge in [0.2, 0.25) is 0 Å². The molecule has 0 spiro atoms. The van der Waals surface area contributed by atoms with Crippen LogP contribution in [0.25, 0.3) is 0 Å². The molecular weight excluding hydrogens is 288 g/mol. The first-order chi connectivity index (χ1) is 10.1. The molecule has 0 aliphatic rings. The highest BCUT2D eigenvalue weighted by molar-refractivity contribution is 6.30. The van der Waals surface area contributed by atoms with Crippen LogP contribution in [0, 0.1) is 0 Å². The van der Waals surface area contributed by atoms with Crippen molar-refractivity contribution in [2.75, 3.05) is 7.11 Å². The summed E-state index contributed by atoms with van der Waals surface area (Å²) in [5.41, 5.74) is 7.44. The van der Waals surface area contributed by atoms with Crippen LogP contribution < -0.4 is 16.0 Å². The van der Waals surface area contributed by atoms with Crippen molar-refractivity contribution in [2.45, 2.75) is 25.9 Å². The molecule has 1 atom stereocenters. The Bertz CT molecular complexity index is 682. The second-order valence-electron chi connectivity index (χ2n) is 4.83. The SMILES string of the molecule is CCCn1cccc(C(N)c2cc(Cl)ccc2OC)c1=O. The molecule has 2 rings (SSSR count). The molecule has 1 aromatic heterocycles. The molecule has 1 unspecified atom stereocenters. The molecule has 1 heterocycles. The molecule has 1 aromatic carbocycles. The maximum Gasteiger partial charge on any atom is 0.255 e. The van der Waals surface area contributed by atoms with Crippen molar-refractivity contribution in [1.82, 2.24) is 4.57 Å². The molecular formula is C16H19ClN2O2. The van der Waals surface area contributed by atoms with E-state index in [0.29, 0.717) is 28.4 Å². The van der Waals surface area contributed by atoms with Gasteiger partial charge in [0.1, 0.15) is 5.75 Å². The molecule has 0 fully saturated rings. The van der Waals surface area contributed by atoms with Crippen molar-refractivity contribution < 1.29 is 4.74 Å². The summed E-state index contributed by atoms with van der Waals surface area (Å²) in [7, 11) is 1.57. The summed E-state index contributed by atoms with van der Waals surface area (Å²) in [6.45, 7) is 2.70. The van der Waals surface area contributed by atoms with Crippen LogP contribution in [0.2, 0.25) is 5.02 Å². The second kappa shape index (κ2) is 6.78. The molecule has 2 aromatic rings. The van der Waals surface area contributed by atoms with Crippen molar-refractivity contribution in [1.29, 1.82) is 0 Å². The van der Waals surface area contributed by atoms with E-state index in [4.69, 9.17) is 22.1 Å². The van der Waals surface area contributed by atoms with E-state index in [2.05, 4.69) is 0 Å². The van der Waals surface area contributed by atoms with Gasteiger partial charge in [-0.15, -0.1) is 0 Å². The number of benzene rings is 1. The van der Waals surface area contributed by atoms with Crippen LogP contribution in [0.4, 0.5) is 0 Å². The molecule has 112 valence electrons. The minimum atomic E-state index is -0.574. The number of methoxy groups -OCH3 is 1. The minimum Gasteiger partial charge on any atom is -0.496 e. The maximum absolute atomic E-state index is 12.5. The van der Waals surface area contributed by atoms with E-state index >= 15 is 0 Å². The number of pyridine rings is 1. The van der Waals surface area contributed by atoms with E-state index in [1.165, 1.54) is 0 Å². The highest BCUT2D eigenvalue weighted by Crippen LogP contribution is 2.29. The van der Waals surface area contributed by atoms with Gasteiger partial charge < -0.3 is 15.0 Å². The zero-order chi connectivity index (χ0) is 15.4. The third-order valence-electron chi connectivity index (χ3n) is 3.38. The first kappa shape index (κ1) is 15.6. The predicted octanol–water partition coefficient (Wildman–Crippen LogP) is 2.97. The Kier molecular flexibility index (Phi) is 5.04. The number of halogens is 1. The molecule has 0 saturated carbocycles. The minimum absolute atomic E-state index is 0.0751. The average Bonchev–Trinajstić information content (AvgIpc) is 2.49. The van der Waals surface area contributed by atoms with Gasteiger partial charge in [0.25, 0.3) is 5.56 Å². The fraction of sp³-hybridized carbons (Fsp3) is 0.312. The molecule has 0 bridgehead atoms. The quantitative estimate of drug-likeness (QED) is 0.924. The van der Waals surface area contributed by atoms with Crippen LogP contribution in [0.3, 0.4) is 0 Å². The van der Waals surface area contributed by atoms with E-state index in [1.807, 2.05) is 13.0 Å². The Hall–Kier alpha value is -1.78. The van der Waals surface area contributed by atoms with Crippen molar-refractivity contribution in [3.05, 3.63) is 63.0 Å². The Morgan fingerprint density at radius 1 is 1.33 bits per heavy atom. The number of nitrogens with zero attached hydrogens (tertiary/aromatic N) is 1. The monoisotopic (exact) mass is 306 g/mol. The Morgan fingerprint density at radius 3 is 2.76 bits per heavy atom. The molecule has 0 radical (unpaired) electrons. The fourth-order valence-corrected chi connectivity index (χ4v) is 2.51. The van der Waals surface area contributed by atoms with Gasteiger partial charge in [-0.05, 0) is 30.7 Å². The Balaban J connectivity index is 2.50. The summed E-state index contributed by atoms with van der Waals surface area (Å²) in [6, 6.07) is 8.24. The summed E-state index contributed by atoms with van der Waals surface area (Å²) in [5, 5.41) is 0.561. The molecule has 5 heteroatoms. The van der Waals surface area contributed by atoms with Crippen molar-refractivity contribution in [3.8, 4) is 5.75 Å². The number of ether oxygens (including phenoxy) is 1. The van der Waals surface area contributed by atoms with Crippen LogP contribution >= 0.6 is 11.6 Å². The second-order valence-corrected chi connectivity index (χ2v) is 5.26. The van der Waals surface area contributed by atoms with Gasteiger partial charge >= 0.3 is 0 Å². The lowest BCUT2D eigenvalue weighted by Gasteiger charge is -2.17. The summed E-state index contributed by atoms with van der Waals surface area (Å²) < 4.78 is 6.99. The summed E-state index contributed by atoms with van der Waals surface area (Å²) >= 11 is 6.03. The number of aryl methyl sites for hydroxylation is 1. The van der Waals surface area contributed by atoms with Crippen LogP contribution in [-0.4, -0.2) is 11.7 Å². The molecule has 0 aliphatic carbocycles. The van der Waals surface area contributed by atoms with Gasteiger partial charge in [-0.25, -0.2) is 0 Å². The molecule has 21 heavy (non-hydrogen) atoms. The van der Waals surface area contributed by atoms with E-state index in [0.717, 1.165) is 6.42 Å². The molecule has 0 aliphatic heterocycles. The number of rotatable bonds is 5. The van der Waals surface area contributed by atoms with Crippen LogP contribution in [-0.2, 0) is 6.54 Å². The topological polar surface area (TPSA) is 57.2 Å². The number of aromatic nitrogens is 1. The van der Waals surface area contributed by atoms with Gasteiger partial charge in [-0.2, -0.15) is 0 Å². The number of nitrogens with two attached hydrogens (primary N) is 1. The van der Waals surface area contributed by atoms with Gasteiger partial charge in [0.05, 0.1) is 13.2 Å². The lowest BCUT2D eigenvalue weighted by Crippen LogP contribution is -2.28. The van der Waals surface area contributed by atoms with E-state index in [1.54, 1.807) is 42.1 Å². The Morgan fingerprint density at radius 2 is 2.10 bits per heavy atom. The molecule has 0 amide bonds. The van der Waals surface area contributed by atoms with Gasteiger partial charge in [0, 0.05) is 28.9 Å². The number of hydrogen-bond acceptors (Lipinski definition) is 3. The van der Waals surface area contributed by atoms with E-state index in [-0.39, 0.29) is 5.56 Å². The zero-order valence-electron chi connectivity index (χ0n) is 12.2. The van der Waals surface area contributed by atoms with Crippen LogP contribution in [0.1, 0.15) is 30.5 Å². The average molecular weight is 307 g/mol. The third kappa shape index (κ3) is 3.28. The molecule has 2 N–H and O–H groups in total. The highest BCUT2D eigenvalue weighted by Gasteiger charge is 2.18. The highest BCUT2D eigenvalue weighted by atomic mass is 35.5. The van der Waals surface area contributed by atoms with Crippen LogP contribution in [0.15, 0.2) is 41.3 Å². The number of hydrogen-bond donors (Lipinski definition) is 1. The Labute approximate surface area is 129 Å². The van der Waals surface area contributed by atoms with E-state index < -0.39 is 6.04 Å². The standard InChI is InChI=1S/C16H19ClN2O2/c1-3-8-19-9-4-5-12(16(19)20)15(18)13-10-11(17)6-7-14(13)21-2/h4-7,9-10,15H,3,8,18H2,1-2H3. The van der Waals surface area contributed by atoms with E-state index in [9.17, 15) is 4.79 Å². The predicted molar refractivity (Wildman–Crippen MR) is 85.0 cm³/mol. The van der Waals surface area contributed by atoms with Gasteiger partial charge in [-0.1, -0.05) is 24.6 Å². The van der Waals surface area contributed by atoms with Gasteiger partial charge in [-0.3, -0.25) is 4.79 Å².